The van der Waals surface area contributed by atoms with Crippen LogP contribution in [0.3, 0.4) is 0 Å². The molecule has 0 bridgehead atoms. The van der Waals surface area contributed by atoms with Crippen LogP contribution in [0.25, 0.3) is 0 Å². The Bertz CT molecular complexity index is 374. The highest BCUT2D eigenvalue weighted by atomic mass is 35.5. The first kappa shape index (κ1) is 15.6. The van der Waals surface area contributed by atoms with E-state index in [1.165, 1.54) is 0 Å². The van der Waals surface area contributed by atoms with E-state index in [1.807, 2.05) is 30.0 Å². The summed E-state index contributed by atoms with van der Waals surface area (Å²) in [6.07, 6.45) is 0. The predicted molar refractivity (Wildman–Crippen MR) is 80.2 cm³/mol. The number of halogens is 1. The van der Waals surface area contributed by atoms with Gasteiger partial charge < -0.3 is 4.74 Å². The fraction of sp³-hybridized carbons (Fsp3) is 0.538. The van der Waals surface area contributed by atoms with E-state index in [9.17, 15) is 0 Å². The second kappa shape index (κ2) is 7.89. The standard InChI is InChI=1S/C13H21ClN2OS/c1-9(2)7-18-8-12(16-15)11-6-10(14)4-5-13(11)17-3/h4-6,9,12,16H,7-8,15H2,1-3H3. The summed E-state index contributed by atoms with van der Waals surface area (Å²) in [5, 5.41) is 0.694. The van der Waals surface area contributed by atoms with E-state index < -0.39 is 0 Å². The molecule has 0 amide bonds. The van der Waals surface area contributed by atoms with Gasteiger partial charge in [-0.3, -0.25) is 11.3 Å². The smallest absolute Gasteiger partial charge is 0.123 e. The van der Waals surface area contributed by atoms with Crippen LogP contribution in [0.1, 0.15) is 25.5 Å². The molecule has 0 radical (unpaired) electrons. The minimum Gasteiger partial charge on any atom is -0.496 e. The van der Waals surface area contributed by atoms with Crippen molar-refractivity contribution in [1.82, 2.24) is 5.43 Å². The van der Waals surface area contributed by atoms with Crippen molar-refractivity contribution in [2.75, 3.05) is 18.6 Å². The molecule has 1 aromatic rings. The van der Waals surface area contributed by atoms with Gasteiger partial charge in [0.25, 0.3) is 0 Å². The van der Waals surface area contributed by atoms with Gasteiger partial charge in [-0.2, -0.15) is 11.8 Å². The highest BCUT2D eigenvalue weighted by Crippen LogP contribution is 2.30. The molecule has 1 unspecified atom stereocenters. The van der Waals surface area contributed by atoms with E-state index in [0.29, 0.717) is 10.9 Å². The Morgan fingerprint density at radius 1 is 1.39 bits per heavy atom. The van der Waals surface area contributed by atoms with Gasteiger partial charge in [0.1, 0.15) is 5.75 Å². The maximum atomic E-state index is 6.03. The SMILES string of the molecule is COc1ccc(Cl)cc1C(CSCC(C)C)NN. The summed E-state index contributed by atoms with van der Waals surface area (Å²) in [5.74, 6) is 9.13. The molecule has 0 aromatic heterocycles. The number of ether oxygens (including phenoxy) is 1. The summed E-state index contributed by atoms with van der Waals surface area (Å²) in [5.41, 5.74) is 3.84. The van der Waals surface area contributed by atoms with Gasteiger partial charge in [0.05, 0.1) is 13.2 Å². The first-order valence-electron chi connectivity index (χ1n) is 5.95. The van der Waals surface area contributed by atoms with Crippen LogP contribution in [0, 0.1) is 5.92 Å². The predicted octanol–water partition coefficient (Wildman–Crippen LogP) is 3.24. The summed E-state index contributed by atoms with van der Waals surface area (Å²) in [7, 11) is 1.65. The van der Waals surface area contributed by atoms with Gasteiger partial charge in [0, 0.05) is 16.3 Å². The number of hydrogen-bond acceptors (Lipinski definition) is 4. The number of benzene rings is 1. The van der Waals surface area contributed by atoms with E-state index in [0.717, 1.165) is 22.8 Å². The molecule has 0 heterocycles. The summed E-state index contributed by atoms with van der Waals surface area (Å²) >= 11 is 7.90. The van der Waals surface area contributed by atoms with Crippen LogP contribution in [0.4, 0.5) is 0 Å². The lowest BCUT2D eigenvalue weighted by Crippen LogP contribution is -2.30. The van der Waals surface area contributed by atoms with Gasteiger partial charge in [-0.15, -0.1) is 0 Å². The van der Waals surface area contributed by atoms with Crippen molar-refractivity contribution < 1.29 is 4.74 Å². The Morgan fingerprint density at radius 2 is 2.11 bits per heavy atom. The van der Waals surface area contributed by atoms with Crippen LogP contribution in [-0.4, -0.2) is 18.6 Å². The van der Waals surface area contributed by atoms with E-state index in [-0.39, 0.29) is 6.04 Å². The largest absolute Gasteiger partial charge is 0.496 e. The van der Waals surface area contributed by atoms with Gasteiger partial charge in [-0.25, -0.2) is 0 Å². The van der Waals surface area contributed by atoms with Crippen LogP contribution in [-0.2, 0) is 0 Å². The third-order valence-corrected chi connectivity index (χ3v) is 4.21. The van der Waals surface area contributed by atoms with Gasteiger partial charge in [-0.1, -0.05) is 25.4 Å². The van der Waals surface area contributed by atoms with Crippen molar-refractivity contribution in [3.8, 4) is 5.75 Å². The number of nitrogens with two attached hydrogens (primary N) is 1. The Hall–Kier alpha value is -0.420. The molecule has 1 atom stereocenters. The van der Waals surface area contributed by atoms with Crippen LogP contribution in [0.2, 0.25) is 5.02 Å². The van der Waals surface area contributed by atoms with Crippen molar-refractivity contribution in [2.45, 2.75) is 19.9 Å². The summed E-state index contributed by atoms with van der Waals surface area (Å²) < 4.78 is 5.35. The lowest BCUT2D eigenvalue weighted by Gasteiger charge is -2.19. The molecule has 3 nitrogen and oxygen atoms in total. The van der Waals surface area contributed by atoms with E-state index in [4.69, 9.17) is 22.2 Å². The molecule has 102 valence electrons. The zero-order valence-electron chi connectivity index (χ0n) is 11.1. The molecule has 0 saturated heterocycles. The second-order valence-corrected chi connectivity index (χ2v) is 6.05. The van der Waals surface area contributed by atoms with E-state index in [2.05, 4.69) is 19.3 Å². The van der Waals surface area contributed by atoms with Crippen LogP contribution in [0.15, 0.2) is 18.2 Å². The highest BCUT2D eigenvalue weighted by Gasteiger charge is 2.15. The van der Waals surface area contributed by atoms with Crippen LogP contribution in [0.5, 0.6) is 5.75 Å². The molecular formula is C13H21ClN2OS. The van der Waals surface area contributed by atoms with Gasteiger partial charge >= 0.3 is 0 Å². The molecule has 0 aliphatic rings. The van der Waals surface area contributed by atoms with Crippen molar-refractivity contribution in [2.24, 2.45) is 11.8 Å². The van der Waals surface area contributed by atoms with E-state index >= 15 is 0 Å². The second-order valence-electron chi connectivity index (χ2n) is 4.54. The van der Waals surface area contributed by atoms with Gasteiger partial charge in [0.15, 0.2) is 0 Å². The number of hydrazine groups is 1. The van der Waals surface area contributed by atoms with Crippen molar-refractivity contribution in [1.29, 1.82) is 0 Å². The lowest BCUT2D eigenvalue weighted by atomic mass is 10.1. The molecule has 3 N–H and O–H groups in total. The summed E-state index contributed by atoms with van der Waals surface area (Å²) in [4.78, 5) is 0. The number of rotatable bonds is 7. The van der Waals surface area contributed by atoms with E-state index in [1.54, 1.807) is 7.11 Å². The normalized spacial score (nSPS) is 12.8. The molecule has 0 aliphatic carbocycles. The van der Waals surface area contributed by atoms with Gasteiger partial charge in [0.2, 0.25) is 0 Å². The third kappa shape index (κ3) is 4.69. The zero-order chi connectivity index (χ0) is 13.5. The molecule has 18 heavy (non-hydrogen) atoms. The minimum atomic E-state index is 0.0439. The fourth-order valence-corrected chi connectivity index (χ4v) is 2.93. The third-order valence-electron chi connectivity index (χ3n) is 2.50. The average Bonchev–Trinajstić information content (AvgIpc) is 2.34. The minimum absolute atomic E-state index is 0.0439. The highest BCUT2D eigenvalue weighted by molar-refractivity contribution is 7.99. The first-order chi connectivity index (χ1) is 8.58. The number of thioether (sulfide) groups is 1. The van der Waals surface area contributed by atoms with Crippen molar-refractivity contribution in [3.05, 3.63) is 28.8 Å². The maximum absolute atomic E-state index is 6.03. The molecule has 1 aromatic carbocycles. The Kier molecular flexibility index (Phi) is 6.86. The number of hydrogen-bond donors (Lipinski definition) is 2. The Morgan fingerprint density at radius 3 is 2.67 bits per heavy atom. The molecule has 0 fully saturated rings. The van der Waals surface area contributed by atoms with Crippen molar-refractivity contribution in [3.63, 3.8) is 0 Å². The Labute approximate surface area is 118 Å². The average molecular weight is 289 g/mol. The molecule has 5 heteroatoms. The quantitative estimate of drug-likeness (QED) is 0.597. The molecule has 0 saturated carbocycles. The molecular weight excluding hydrogens is 268 g/mol. The summed E-state index contributed by atoms with van der Waals surface area (Å²) in [6.45, 7) is 4.41. The molecule has 0 aliphatic heterocycles. The summed E-state index contributed by atoms with van der Waals surface area (Å²) in [6, 6.07) is 5.64. The zero-order valence-corrected chi connectivity index (χ0v) is 12.6. The van der Waals surface area contributed by atoms with Crippen molar-refractivity contribution >= 4 is 23.4 Å². The van der Waals surface area contributed by atoms with Crippen LogP contribution < -0.4 is 16.0 Å². The Balaban J connectivity index is 2.77. The molecule has 1 rings (SSSR count). The monoisotopic (exact) mass is 288 g/mol. The topological polar surface area (TPSA) is 47.3 Å². The lowest BCUT2D eigenvalue weighted by molar-refractivity contribution is 0.403. The maximum Gasteiger partial charge on any atom is 0.123 e. The number of methoxy groups -OCH3 is 1. The van der Waals surface area contributed by atoms with Crippen LogP contribution >= 0.6 is 23.4 Å². The number of nitrogens with one attached hydrogen (secondary N) is 1. The fourth-order valence-electron chi connectivity index (χ4n) is 1.63. The molecule has 0 spiro atoms. The first-order valence-corrected chi connectivity index (χ1v) is 7.49. The van der Waals surface area contributed by atoms with Gasteiger partial charge in [-0.05, 0) is 29.9 Å².